The summed E-state index contributed by atoms with van der Waals surface area (Å²) in [6.45, 7) is 4.39. The van der Waals surface area contributed by atoms with Crippen LogP contribution in [-0.4, -0.2) is 40.8 Å². The first-order valence-electron chi connectivity index (χ1n) is 9.07. The molecule has 1 saturated heterocycles. The molecule has 3 rings (SSSR count). The second-order valence-corrected chi connectivity index (χ2v) is 7.57. The summed E-state index contributed by atoms with van der Waals surface area (Å²) in [4.78, 5) is 31.3. The van der Waals surface area contributed by atoms with Crippen LogP contribution in [0.3, 0.4) is 0 Å². The molecule has 1 N–H and O–H groups in total. The highest BCUT2D eigenvalue weighted by atomic mass is 32.2. The highest BCUT2D eigenvalue weighted by Gasteiger charge is 2.38. The number of amides is 2. The lowest BCUT2D eigenvalue weighted by Crippen LogP contribution is -2.33. The molecule has 146 valence electrons. The average Bonchev–Trinajstić information content (AvgIpc) is 2.97. The van der Waals surface area contributed by atoms with Crippen LogP contribution in [0.5, 0.6) is 5.75 Å². The van der Waals surface area contributed by atoms with Gasteiger partial charge >= 0.3 is 0 Å². The van der Waals surface area contributed by atoms with Crippen LogP contribution in [0.1, 0.15) is 18.9 Å². The minimum atomic E-state index is -0.477. The molecular weight excluding hydrogens is 374 g/mol. The second-order valence-electron chi connectivity index (χ2n) is 6.40. The average molecular weight is 398 g/mol. The molecule has 1 fully saturated rings. The Kier molecular flexibility index (Phi) is 6.36. The summed E-state index contributed by atoms with van der Waals surface area (Å²) in [7, 11) is 1.60. The van der Waals surface area contributed by atoms with Gasteiger partial charge in [0.05, 0.1) is 12.8 Å². The van der Waals surface area contributed by atoms with Crippen LogP contribution < -0.4 is 10.1 Å². The van der Waals surface area contributed by atoms with Gasteiger partial charge in [0.25, 0.3) is 0 Å². The summed E-state index contributed by atoms with van der Waals surface area (Å²) in [5.41, 5.74) is 2.55. The number of carbonyl (C=O) groups excluding carboxylic acids is 2. The highest BCUT2D eigenvalue weighted by molar-refractivity contribution is 8.15. The van der Waals surface area contributed by atoms with Gasteiger partial charge in [-0.3, -0.25) is 14.5 Å². The van der Waals surface area contributed by atoms with Crippen LogP contribution >= 0.6 is 11.8 Å². The Balaban J connectivity index is 1.70. The number of thioether (sulfide) groups is 1. The number of aryl methyl sites for hydroxylation is 1. The fourth-order valence-corrected chi connectivity index (χ4v) is 4.05. The number of methoxy groups -OCH3 is 1. The molecule has 2 amide bonds. The number of rotatable bonds is 6. The summed E-state index contributed by atoms with van der Waals surface area (Å²) >= 11 is 1.33. The maximum absolute atomic E-state index is 12.7. The van der Waals surface area contributed by atoms with Crippen molar-refractivity contribution in [3.05, 3.63) is 54.1 Å². The minimum absolute atomic E-state index is 0.0896. The predicted molar refractivity (Wildman–Crippen MR) is 113 cm³/mol. The van der Waals surface area contributed by atoms with Crippen molar-refractivity contribution < 1.29 is 14.3 Å². The third kappa shape index (κ3) is 4.72. The van der Waals surface area contributed by atoms with E-state index < -0.39 is 5.25 Å². The number of benzene rings is 2. The number of nitrogens with one attached hydrogen (secondary N) is 1. The smallest absolute Gasteiger partial charge is 0.242 e. The molecule has 1 unspecified atom stereocenters. The number of carbonyl (C=O) groups is 2. The standard InChI is InChI=1S/C21H23N3O3S/c1-4-24-20(26)18(13-19(25)22-15-10-8-14(2)9-11-15)28-21(24)23-16-6-5-7-17(12-16)27-3/h5-12,18H,4,13H2,1-3H3,(H,22,25). The normalized spacial score (nSPS) is 17.8. The van der Waals surface area contributed by atoms with E-state index in [1.54, 1.807) is 12.0 Å². The molecule has 0 bridgehead atoms. The van der Waals surface area contributed by atoms with Gasteiger partial charge in [0.1, 0.15) is 11.0 Å². The van der Waals surface area contributed by atoms with Crippen LogP contribution in [0.15, 0.2) is 53.5 Å². The zero-order chi connectivity index (χ0) is 20.1. The Morgan fingerprint density at radius 1 is 1.25 bits per heavy atom. The molecule has 1 heterocycles. The summed E-state index contributed by atoms with van der Waals surface area (Å²) in [5, 5.41) is 2.98. The zero-order valence-corrected chi connectivity index (χ0v) is 17.0. The van der Waals surface area contributed by atoms with E-state index >= 15 is 0 Å². The number of hydrogen-bond acceptors (Lipinski definition) is 5. The molecule has 2 aromatic rings. The van der Waals surface area contributed by atoms with Crippen molar-refractivity contribution in [3.8, 4) is 5.75 Å². The van der Waals surface area contributed by atoms with E-state index in [4.69, 9.17) is 4.74 Å². The Hall–Kier alpha value is -2.80. The maximum Gasteiger partial charge on any atom is 0.242 e. The van der Waals surface area contributed by atoms with Crippen LogP contribution in [0.25, 0.3) is 0 Å². The fraction of sp³-hybridized carbons (Fsp3) is 0.286. The Morgan fingerprint density at radius 2 is 2.00 bits per heavy atom. The molecule has 1 aliphatic rings. The molecule has 6 nitrogen and oxygen atoms in total. The lowest BCUT2D eigenvalue weighted by molar-refractivity contribution is -0.128. The maximum atomic E-state index is 12.7. The van der Waals surface area contributed by atoms with E-state index in [0.29, 0.717) is 23.1 Å². The molecule has 0 aromatic heterocycles. The first-order valence-corrected chi connectivity index (χ1v) is 9.95. The van der Waals surface area contributed by atoms with Crippen LogP contribution in [0, 0.1) is 6.92 Å². The van der Waals surface area contributed by atoms with Gasteiger partial charge in [-0.05, 0) is 38.1 Å². The van der Waals surface area contributed by atoms with E-state index in [9.17, 15) is 9.59 Å². The van der Waals surface area contributed by atoms with Crippen molar-refractivity contribution in [2.24, 2.45) is 4.99 Å². The van der Waals surface area contributed by atoms with Gasteiger partial charge in [0.2, 0.25) is 11.8 Å². The third-order valence-electron chi connectivity index (χ3n) is 4.32. The third-order valence-corrected chi connectivity index (χ3v) is 5.50. The number of aliphatic imine (C=N–C) groups is 1. The monoisotopic (exact) mass is 397 g/mol. The number of nitrogens with zero attached hydrogens (tertiary/aromatic N) is 2. The summed E-state index contributed by atoms with van der Waals surface area (Å²) < 4.78 is 5.22. The largest absolute Gasteiger partial charge is 0.497 e. The van der Waals surface area contributed by atoms with Crippen LogP contribution in [0.4, 0.5) is 11.4 Å². The molecule has 0 saturated carbocycles. The quantitative estimate of drug-likeness (QED) is 0.800. The number of ether oxygens (including phenoxy) is 1. The van der Waals surface area contributed by atoms with Crippen molar-refractivity contribution in [3.63, 3.8) is 0 Å². The van der Waals surface area contributed by atoms with Crippen molar-refractivity contribution in [1.82, 2.24) is 4.90 Å². The van der Waals surface area contributed by atoms with E-state index in [0.717, 1.165) is 11.3 Å². The molecular formula is C21H23N3O3S. The van der Waals surface area contributed by atoms with Crippen molar-refractivity contribution in [2.45, 2.75) is 25.5 Å². The van der Waals surface area contributed by atoms with Crippen molar-refractivity contribution >= 4 is 40.1 Å². The van der Waals surface area contributed by atoms with Gasteiger partial charge in [-0.25, -0.2) is 4.99 Å². The van der Waals surface area contributed by atoms with Gasteiger partial charge in [0.15, 0.2) is 5.17 Å². The zero-order valence-electron chi connectivity index (χ0n) is 16.1. The minimum Gasteiger partial charge on any atom is -0.497 e. The van der Waals surface area contributed by atoms with Crippen LogP contribution in [-0.2, 0) is 9.59 Å². The van der Waals surface area contributed by atoms with Crippen molar-refractivity contribution in [1.29, 1.82) is 0 Å². The molecule has 1 atom stereocenters. The SMILES string of the molecule is CCN1C(=O)C(CC(=O)Nc2ccc(C)cc2)SC1=Nc1cccc(OC)c1. The van der Waals surface area contributed by atoms with Gasteiger partial charge in [-0.1, -0.05) is 35.5 Å². The first-order chi connectivity index (χ1) is 13.5. The van der Waals surface area contributed by atoms with E-state index in [1.807, 2.05) is 62.4 Å². The van der Waals surface area contributed by atoms with Crippen LogP contribution in [0.2, 0.25) is 0 Å². The first kappa shape index (κ1) is 19.9. The van der Waals surface area contributed by atoms with Gasteiger partial charge in [-0.2, -0.15) is 0 Å². The molecule has 0 radical (unpaired) electrons. The fourth-order valence-electron chi connectivity index (χ4n) is 2.82. The lowest BCUT2D eigenvalue weighted by atomic mass is 10.2. The topological polar surface area (TPSA) is 71.0 Å². The molecule has 28 heavy (non-hydrogen) atoms. The molecule has 1 aliphatic heterocycles. The van der Waals surface area contributed by atoms with E-state index in [1.165, 1.54) is 11.8 Å². The summed E-state index contributed by atoms with van der Waals surface area (Å²) in [6.07, 6.45) is 0.102. The summed E-state index contributed by atoms with van der Waals surface area (Å²) in [5.74, 6) is 0.426. The lowest BCUT2D eigenvalue weighted by Gasteiger charge is -2.13. The Labute approximate surface area is 169 Å². The van der Waals surface area contributed by atoms with E-state index in [2.05, 4.69) is 10.3 Å². The highest BCUT2D eigenvalue weighted by Crippen LogP contribution is 2.32. The molecule has 0 aliphatic carbocycles. The van der Waals surface area contributed by atoms with Gasteiger partial charge < -0.3 is 10.1 Å². The summed E-state index contributed by atoms with van der Waals surface area (Å²) in [6, 6.07) is 14.9. The second kappa shape index (κ2) is 8.93. The Bertz CT molecular complexity index is 896. The van der Waals surface area contributed by atoms with Gasteiger partial charge in [0, 0.05) is 24.7 Å². The number of amidine groups is 1. The van der Waals surface area contributed by atoms with Gasteiger partial charge in [-0.15, -0.1) is 0 Å². The van der Waals surface area contributed by atoms with E-state index in [-0.39, 0.29) is 18.2 Å². The molecule has 0 spiro atoms. The predicted octanol–water partition coefficient (Wildman–Crippen LogP) is 3.98. The Morgan fingerprint density at radius 3 is 2.68 bits per heavy atom. The molecule has 2 aromatic carbocycles. The van der Waals surface area contributed by atoms with Crippen molar-refractivity contribution in [2.75, 3.05) is 19.0 Å². The number of hydrogen-bond donors (Lipinski definition) is 1. The molecule has 7 heteroatoms. The number of anilines is 1.